The highest BCUT2D eigenvalue weighted by Crippen LogP contribution is 2.35. The van der Waals surface area contributed by atoms with Crippen LogP contribution >= 0.6 is 0 Å². The smallest absolute Gasteiger partial charge is 0.293 e. The minimum atomic E-state index is -0.400. The number of nitro groups is 1. The van der Waals surface area contributed by atoms with Crippen molar-refractivity contribution in [2.75, 3.05) is 5.32 Å². The Labute approximate surface area is 138 Å². The molecule has 3 aromatic rings. The first kappa shape index (κ1) is 15.7. The van der Waals surface area contributed by atoms with Gasteiger partial charge in [-0.3, -0.25) is 14.9 Å². The number of hydrogen-bond donors (Lipinski definition) is 2. The summed E-state index contributed by atoms with van der Waals surface area (Å²) in [5.41, 5.74) is 3.76. The summed E-state index contributed by atoms with van der Waals surface area (Å²) in [6, 6.07) is 12.5. The minimum absolute atomic E-state index is 0.0338. The summed E-state index contributed by atoms with van der Waals surface area (Å²) < 4.78 is 0. The van der Waals surface area contributed by atoms with Crippen molar-refractivity contribution in [2.24, 2.45) is 0 Å². The lowest BCUT2D eigenvalue weighted by molar-refractivity contribution is -0.383. The van der Waals surface area contributed by atoms with Crippen molar-refractivity contribution in [2.45, 2.75) is 13.3 Å². The van der Waals surface area contributed by atoms with Crippen LogP contribution in [0.2, 0.25) is 0 Å². The number of benzene rings is 2. The fourth-order valence-corrected chi connectivity index (χ4v) is 2.77. The number of carbonyl (C=O) groups excluding carboxylic acids is 1. The highest BCUT2D eigenvalue weighted by Gasteiger charge is 2.18. The average molecular weight is 322 g/mol. The summed E-state index contributed by atoms with van der Waals surface area (Å²) >= 11 is 0. The van der Waals surface area contributed by atoms with Crippen LogP contribution in [0.1, 0.15) is 12.6 Å². The summed E-state index contributed by atoms with van der Waals surface area (Å²) in [6.07, 6.45) is 0.511. The molecule has 0 bridgehead atoms. The maximum Gasteiger partial charge on any atom is 0.293 e. The molecule has 0 saturated carbocycles. The first-order valence-electron chi connectivity index (χ1n) is 7.46. The van der Waals surface area contributed by atoms with Gasteiger partial charge in [0.2, 0.25) is 5.91 Å². The Hall–Kier alpha value is -3.15. The molecule has 0 atom stereocenters. The van der Waals surface area contributed by atoms with Gasteiger partial charge in [0, 0.05) is 29.8 Å². The summed E-state index contributed by atoms with van der Waals surface area (Å²) in [5.74, 6) is -0.151. The lowest BCUT2D eigenvalue weighted by Gasteiger charge is -2.07. The molecule has 1 radical (unpaired) electrons. The highest BCUT2D eigenvalue weighted by molar-refractivity contribution is 6.01. The van der Waals surface area contributed by atoms with Crippen molar-refractivity contribution in [3.8, 4) is 11.1 Å². The van der Waals surface area contributed by atoms with Crippen LogP contribution in [-0.4, -0.2) is 15.8 Å². The van der Waals surface area contributed by atoms with E-state index >= 15 is 0 Å². The Kier molecular flexibility index (Phi) is 4.04. The van der Waals surface area contributed by atoms with E-state index in [1.54, 1.807) is 12.1 Å². The molecule has 6 heteroatoms. The van der Waals surface area contributed by atoms with E-state index in [1.807, 2.05) is 24.3 Å². The van der Waals surface area contributed by atoms with E-state index in [-0.39, 0.29) is 11.6 Å². The number of hydrogen-bond acceptors (Lipinski definition) is 3. The lowest BCUT2D eigenvalue weighted by atomic mass is 10.00. The lowest BCUT2D eigenvalue weighted by Crippen LogP contribution is -2.05. The normalized spacial score (nSPS) is 10.8. The number of nitrogens with zero attached hydrogens (tertiary/aromatic N) is 1. The Morgan fingerprint density at radius 1 is 1.29 bits per heavy atom. The first-order valence-corrected chi connectivity index (χ1v) is 7.46. The molecule has 1 aromatic heterocycles. The van der Waals surface area contributed by atoms with Gasteiger partial charge < -0.3 is 10.3 Å². The number of amides is 1. The van der Waals surface area contributed by atoms with Gasteiger partial charge in [0.05, 0.1) is 4.92 Å². The molecule has 1 heterocycles. The zero-order chi connectivity index (χ0) is 17.3. The minimum Gasteiger partial charge on any atom is -0.353 e. The Morgan fingerprint density at radius 3 is 2.75 bits per heavy atom. The van der Waals surface area contributed by atoms with Crippen molar-refractivity contribution in [1.82, 2.24) is 4.98 Å². The Bertz CT molecular complexity index is 944. The van der Waals surface area contributed by atoms with Crippen molar-refractivity contribution in [1.29, 1.82) is 0 Å². The number of nitrogens with one attached hydrogen (secondary N) is 2. The maximum atomic E-state index is 11.3. The van der Waals surface area contributed by atoms with E-state index in [0.717, 1.165) is 22.2 Å². The fourth-order valence-electron chi connectivity index (χ4n) is 2.77. The second kappa shape index (κ2) is 6.16. The van der Waals surface area contributed by atoms with E-state index in [9.17, 15) is 14.9 Å². The number of non-ortho nitro benzene ring substituents is 1. The van der Waals surface area contributed by atoms with Crippen LogP contribution in [0.15, 0.2) is 42.5 Å². The molecule has 0 aliphatic heterocycles. The zero-order valence-electron chi connectivity index (χ0n) is 13.1. The third-order valence-corrected chi connectivity index (χ3v) is 3.79. The number of carbonyl (C=O) groups is 1. The van der Waals surface area contributed by atoms with Crippen molar-refractivity contribution >= 4 is 28.2 Å². The molecule has 3 rings (SSSR count). The van der Waals surface area contributed by atoms with E-state index < -0.39 is 4.92 Å². The van der Waals surface area contributed by atoms with Crippen LogP contribution in [0.4, 0.5) is 11.4 Å². The summed E-state index contributed by atoms with van der Waals surface area (Å²) in [4.78, 5) is 25.2. The summed E-state index contributed by atoms with van der Waals surface area (Å²) in [5, 5.41) is 14.8. The first-order chi connectivity index (χ1) is 11.5. The maximum absolute atomic E-state index is 11.3. The molecule has 0 fully saturated rings. The number of aromatic nitrogens is 1. The third kappa shape index (κ3) is 2.86. The van der Waals surface area contributed by atoms with Gasteiger partial charge in [-0.25, -0.2) is 0 Å². The average Bonchev–Trinajstić information content (AvgIpc) is 2.97. The molecule has 24 heavy (non-hydrogen) atoms. The Balaban J connectivity index is 2.20. The van der Waals surface area contributed by atoms with Gasteiger partial charge in [0.15, 0.2) is 0 Å². The van der Waals surface area contributed by atoms with Gasteiger partial charge in [-0.1, -0.05) is 12.1 Å². The van der Waals surface area contributed by atoms with Gasteiger partial charge in [-0.15, -0.1) is 0 Å². The molecule has 0 saturated heterocycles. The zero-order valence-corrected chi connectivity index (χ0v) is 13.1. The second-order valence-corrected chi connectivity index (χ2v) is 5.48. The van der Waals surface area contributed by atoms with E-state index in [0.29, 0.717) is 17.6 Å². The standard InChI is InChI=1S/C18H16N3O3/c1-3-13-10-16-15(7-8-17(21(23)24)18(16)20-13)12-5-4-6-14(9-12)19-11(2)22/h4-10,20H,1,3H2,2H3,(H,19,22). The summed E-state index contributed by atoms with van der Waals surface area (Å²) in [7, 11) is 0. The van der Waals surface area contributed by atoms with Gasteiger partial charge >= 0.3 is 0 Å². The SMILES string of the molecule is [CH2]Cc1cc2c(-c3cccc(NC(C)=O)c3)ccc([N+](=O)[O-])c2[nH]1. The van der Waals surface area contributed by atoms with Crippen LogP contribution in [0.25, 0.3) is 22.0 Å². The van der Waals surface area contributed by atoms with Gasteiger partial charge in [0.1, 0.15) is 5.52 Å². The van der Waals surface area contributed by atoms with E-state index in [4.69, 9.17) is 0 Å². The molecule has 0 spiro atoms. The third-order valence-electron chi connectivity index (χ3n) is 3.79. The number of rotatable bonds is 4. The molecular formula is C18H16N3O3. The molecule has 2 N–H and O–H groups in total. The number of fused-ring (bicyclic) bond motifs is 1. The molecule has 0 unspecified atom stereocenters. The molecule has 0 aliphatic carbocycles. The second-order valence-electron chi connectivity index (χ2n) is 5.48. The molecular weight excluding hydrogens is 306 g/mol. The quantitative estimate of drug-likeness (QED) is 0.560. The fraction of sp³-hybridized carbons (Fsp3) is 0.111. The van der Waals surface area contributed by atoms with Crippen LogP contribution in [0, 0.1) is 17.0 Å². The summed E-state index contributed by atoms with van der Waals surface area (Å²) in [6.45, 7) is 5.27. The number of nitro benzene ring substituents is 1. The molecule has 0 aliphatic rings. The molecule has 121 valence electrons. The number of aromatic amines is 1. The largest absolute Gasteiger partial charge is 0.353 e. The van der Waals surface area contributed by atoms with Crippen molar-refractivity contribution in [3.05, 3.63) is 65.2 Å². The van der Waals surface area contributed by atoms with Crippen LogP contribution in [0.5, 0.6) is 0 Å². The molecule has 2 aromatic carbocycles. The van der Waals surface area contributed by atoms with Crippen molar-refractivity contribution in [3.63, 3.8) is 0 Å². The Morgan fingerprint density at radius 2 is 2.08 bits per heavy atom. The monoisotopic (exact) mass is 322 g/mol. The topological polar surface area (TPSA) is 88.0 Å². The van der Waals surface area contributed by atoms with E-state index in [1.165, 1.54) is 13.0 Å². The van der Waals surface area contributed by atoms with E-state index in [2.05, 4.69) is 17.2 Å². The molecule has 6 nitrogen and oxygen atoms in total. The van der Waals surface area contributed by atoms with Gasteiger partial charge in [-0.05, 0) is 48.7 Å². The van der Waals surface area contributed by atoms with Crippen LogP contribution in [-0.2, 0) is 11.2 Å². The predicted molar refractivity (Wildman–Crippen MR) is 93.8 cm³/mol. The van der Waals surface area contributed by atoms with Crippen molar-refractivity contribution < 1.29 is 9.72 Å². The highest BCUT2D eigenvalue weighted by atomic mass is 16.6. The number of H-pyrrole nitrogens is 1. The predicted octanol–water partition coefficient (Wildman–Crippen LogP) is 4.08. The number of anilines is 1. The van der Waals surface area contributed by atoms with Gasteiger partial charge in [-0.2, -0.15) is 0 Å². The van der Waals surface area contributed by atoms with Crippen LogP contribution < -0.4 is 5.32 Å². The molecule has 1 amide bonds. The van der Waals surface area contributed by atoms with Crippen LogP contribution in [0.3, 0.4) is 0 Å². The van der Waals surface area contributed by atoms with Gasteiger partial charge in [0.25, 0.3) is 5.69 Å².